The smallest absolute Gasteiger partial charge is 0.204 e. The van der Waals surface area contributed by atoms with Gasteiger partial charge in [0.05, 0.1) is 0 Å². The topological polar surface area (TPSA) is 31.9 Å². The average Bonchev–Trinajstić information content (AvgIpc) is 2.93. The van der Waals surface area contributed by atoms with E-state index in [1.54, 1.807) is 0 Å². The second-order valence-corrected chi connectivity index (χ2v) is 4.89. The minimum Gasteiger partial charge on any atom is -0.342 e. The molecule has 0 bridgehead atoms. The number of nitrogens with zero attached hydrogens (tertiary/aromatic N) is 2. The number of anilines is 1. The van der Waals surface area contributed by atoms with Crippen molar-refractivity contribution in [2.45, 2.75) is 31.6 Å². The Hall–Kier alpha value is -0.900. The highest BCUT2D eigenvalue weighted by Gasteiger charge is 2.25. The summed E-state index contributed by atoms with van der Waals surface area (Å²) in [6.07, 6.45) is 5.15. The van der Waals surface area contributed by atoms with Crippen molar-refractivity contribution < 1.29 is 0 Å². The molecule has 2 aliphatic rings. The average molecular weight is 221 g/mol. The van der Waals surface area contributed by atoms with Crippen molar-refractivity contribution in [1.82, 2.24) is 9.97 Å². The lowest BCUT2D eigenvalue weighted by Gasteiger charge is -2.16. The van der Waals surface area contributed by atoms with Crippen LogP contribution in [0.3, 0.4) is 0 Å². The molecule has 2 heterocycles. The first-order valence-corrected chi connectivity index (χ1v) is 6.10. The minimum absolute atomic E-state index is 0.719. The molecular formula is C11H15N3S. The lowest BCUT2D eigenvalue weighted by molar-refractivity contribution is 0.868. The Balaban J connectivity index is 1.95. The molecule has 3 nitrogen and oxygen atoms in total. The number of aromatic nitrogens is 2. The lowest BCUT2D eigenvalue weighted by Crippen LogP contribution is -2.20. The van der Waals surface area contributed by atoms with Crippen LogP contribution in [-0.4, -0.2) is 23.1 Å². The summed E-state index contributed by atoms with van der Waals surface area (Å²) >= 11 is 5.21. The molecule has 1 saturated heterocycles. The van der Waals surface area contributed by atoms with Crippen LogP contribution in [0.2, 0.25) is 0 Å². The van der Waals surface area contributed by atoms with Gasteiger partial charge in [0, 0.05) is 18.8 Å². The molecule has 0 atom stereocenters. The van der Waals surface area contributed by atoms with E-state index in [0.717, 1.165) is 29.6 Å². The van der Waals surface area contributed by atoms with Crippen LogP contribution < -0.4 is 4.90 Å². The van der Waals surface area contributed by atoms with E-state index in [9.17, 15) is 0 Å². The predicted octanol–water partition coefficient (Wildman–Crippen LogP) is 2.62. The van der Waals surface area contributed by atoms with Gasteiger partial charge in [-0.3, -0.25) is 0 Å². The van der Waals surface area contributed by atoms with Crippen molar-refractivity contribution >= 4 is 18.2 Å². The van der Waals surface area contributed by atoms with Gasteiger partial charge in [0.25, 0.3) is 0 Å². The summed E-state index contributed by atoms with van der Waals surface area (Å²) in [7, 11) is 0. The third kappa shape index (κ3) is 1.91. The Morgan fingerprint density at radius 3 is 2.73 bits per heavy atom. The quantitative estimate of drug-likeness (QED) is 0.779. The van der Waals surface area contributed by atoms with Crippen LogP contribution in [-0.2, 0) is 0 Å². The summed E-state index contributed by atoms with van der Waals surface area (Å²) in [6, 6.07) is 2.02. The number of aromatic amines is 1. The third-order valence-electron chi connectivity index (χ3n) is 3.17. The maximum absolute atomic E-state index is 5.21. The van der Waals surface area contributed by atoms with E-state index < -0.39 is 0 Å². The van der Waals surface area contributed by atoms with Crippen LogP contribution in [0.5, 0.6) is 0 Å². The SMILES string of the molecule is S=c1cc(C2CC2)[nH]c(N2CCCC2)n1. The molecule has 4 heteroatoms. The molecule has 0 aromatic carbocycles. The molecule has 1 aliphatic carbocycles. The molecule has 1 aromatic rings. The van der Waals surface area contributed by atoms with Crippen LogP contribution in [0.1, 0.15) is 37.3 Å². The molecule has 1 N–H and O–H groups in total. The standard InChI is InChI=1S/C11H15N3S/c15-10-7-9(8-3-4-8)12-11(13-10)14-5-1-2-6-14/h7-8H,1-6H2,(H,12,13,15). The normalized spacial score (nSPS) is 20.9. The second-order valence-electron chi connectivity index (χ2n) is 4.47. The molecule has 80 valence electrons. The predicted molar refractivity (Wildman–Crippen MR) is 62.8 cm³/mol. The second kappa shape index (κ2) is 3.59. The molecule has 0 unspecified atom stereocenters. The van der Waals surface area contributed by atoms with Gasteiger partial charge in [0.2, 0.25) is 5.95 Å². The number of rotatable bonds is 2. The van der Waals surface area contributed by atoms with Gasteiger partial charge < -0.3 is 9.88 Å². The number of hydrogen-bond acceptors (Lipinski definition) is 3. The highest BCUT2D eigenvalue weighted by molar-refractivity contribution is 7.71. The zero-order valence-corrected chi connectivity index (χ0v) is 9.52. The zero-order chi connectivity index (χ0) is 10.3. The molecule has 0 spiro atoms. The highest BCUT2D eigenvalue weighted by Crippen LogP contribution is 2.39. The van der Waals surface area contributed by atoms with Gasteiger partial charge in [-0.1, -0.05) is 12.2 Å². The van der Waals surface area contributed by atoms with Crippen LogP contribution >= 0.6 is 12.2 Å². The number of nitrogens with one attached hydrogen (secondary N) is 1. The van der Waals surface area contributed by atoms with Gasteiger partial charge in [0.1, 0.15) is 4.64 Å². The molecule has 2 fully saturated rings. The minimum atomic E-state index is 0.719. The van der Waals surface area contributed by atoms with Crippen LogP contribution in [0.15, 0.2) is 6.07 Å². The van der Waals surface area contributed by atoms with Gasteiger partial charge >= 0.3 is 0 Å². The van der Waals surface area contributed by atoms with Gasteiger partial charge in [-0.2, -0.15) is 0 Å². The molecular weight excluding hydrogens is 206 g/mol. The van der Waals surface area contributed by atoms with Crippen molar-refractivity contribution in [2.24, 2.45) is 0 Å². The summed E-state index contributed by atoms with van der Waals surface area (Å²) in [6.45, 7) is 2.23. The summed E-state index contributed by atoms with van der Waals surface area (Å²) < 4.78 is 0.734. The van der Waals surface area contributed by atoms with Gasteiger partial charge in [-0.25, -0.2) is 4.98 Å². The number of H-pyrrole nitrogens is 1. The maximum Gasteiger partial charge on any atom is 0.204 e. The monoisotopic (exact) mass is 221 g/mol. The van der Waals surface area contributed by atoms with E-state index in [1.807, 2.05) is 6.07 Å². The fraction of sp³-hybridized carbons (Fsp3) is 0.636. The van der Waals surface area contributed by atoms with Crippen molar-refractivity contribution in [1.29, 1.82) is 0 Å². The van der Waals surface area contributed by atoms with Crippen molar-refractivity contribution in [3.8, 4) is 0 Å². The largest absolute Gasteiger partial charge is 0.342 e. The Kier molecular flexibility index (Phi) is 2.24. The molecule has 0 radical (unpaired) electrons. The Labute approximate surface area is 94.5 Å². The highest BCUT2D eigenvalue weighted by atomic mass is 32.1. The Bertz CT molecular complexity index is 416. The summed E-state index contributed by atoms with van der Waals surface area (Å²) in [5, 5.41) is 0. The summed E-state index contributed by atoms with van der Waals surface area (Å²) in [5.41, 5.74) is 1.29. The van der Waals surface area contributed by atoms with E-state index in [1.165, 1.54) is 31.4 Å². The summed E-state index contributed by atoms with van der Waals surface area (Å²) in [4.78, 5) is 10.2. The van der Waals surface area contributed by atoms with Crippen molar-refractivity contribution in [2.75, 3.05) is 18.0 Å². The molecule has 1 aromatic heterocycles. The molecule has 1 aliphatic heterocycles. The zero-order valence-electron chi connectivity index (χ0n) is 8.70. The van der Waals surface area contributed by atoms with Crippen LogP contribution in [0, 0.1) is 4.64 Å². The van der Waals surface area contributed by atoms with Crippen LogP contribution in [0.4, 0.5) is 5.95 Å². The first-order valence-electron chi connectivity index (χ1n) is 5.69. The maximum atomic E-state index is 5.21. The Morgan fingerprint density at radius 2 is 2.07 bits per heavy atom. The first-order chi connectivity index (χ1) is 7.33. The van der Waals surface area contributed by atoms with Crippen molar-refractivity contribution in [3.05, 3.63) is 16.4 Å². The van der Waals surface area contributed by atoms with E-state index in [2.05, 4.69) is 14.9 Å². The molecule has 15 heavy (non-hydrogen) atoms. The molecule has 1 saturated carbocycles. The third-order valence-corrected chi connectivity index (χ3v) is 3.38. The van der Waals surface area contributed by atoms with Gasteiger partial charge in [-0.05, 0) is 37.7 Å². The van der Waals surface area contributed by atoms with E-state index in [4.69, 9.17) is 12.2 Å². The van der Waals surface area contributed by atoms with E-state index >= 15 is 0 Å². The van der Waals surface area contributed by atoms with Gasteiger partial charge in [0.15, 0.2) is 0 Å². The number of hydrogen-bond donors (Lipinski definition) is 1. The fourth-order valence-corrected chi connectivity index (χ4v) is 2.37. The summed E-state index contributed by atoms with van der Waals surface area (Å²) in [5.74, 6) is 1.71. The fourth-order valence-electron chi connectivity index (χ4n) is 2.16. The van der Waals surface area contributed by atoms with Crippen LogP contribution in [0.25, 0.3) is 0 Å². The molecule has 0 amide bonds. The van der Waals surface area contributed by atoms with E-state index in [0.29, 0.717) is 0 Å². The van der Waals surface area contributed by atoms with Crippen molar-refractivity contribution in [3.63, 3.8) is 0 Å². The lowest BCUT2D eigenvalue weighted by atomic mass is 10.3. The molecule has 3 rings (SSSR count). The van der Waals surface area contributed by atoms with E-state index in [-0.39, 0.29) is 0 Å². The Morgan fingerprint density at radius 1 is 1.33 bits per heavy atom. The first kappa shape index (κ1) is 9.33. The van der Waals surface area contributed by atoms with Gasteiger partial charge in [-0.15, -0.1) is 0 Å².